The van der Waals surface area contributed by atoms with Gasteiger partial charge in [-0.3, -0.25) is 0 Å². The normalized spacial score (nSPS) is 13.2. The van der Waals surface area contributed by atoms with Crippen LogP contribution in [-0.2, 0) is 0 Å². The van der Waals surface area contributed by atoms with Crippen molar-refractivity contribution in [2.45, 2.75) is 0 Å². The Morgan fingerprint density at radius 1 is 1.19 bits per heavy atom. The number of nitrogens with zero attached hydrogens (tertiary/aromatic N) is 1. The van der Waals surface area contributed by atoms with Crippen LogP contribution in [0.5, 0.6) is 0 Å². The molecule has 1 aliphatic rings. The fourth-order valence-electron chi connectivity index (χ4n) is 1.71. The van der Waals surface area contributed by atoms with E-state index < -0.39 is 0 Å². The summed E-state index contributed by atoms with van der Waals surface area (Å²) in [6, 6.07) is 8.13. The first-order valence-electron chi connectivity index (χ1n) is 4.94. The number of aliphatic imine (C=N–C) groups is 1. The highest BCUT2D eigenvalue weighted by Crippen LogP contribution is 2.37. The monoisotopic (exact) mass is 246 g/mol. The van der Waals surface area contributed by atoms with Gasteiger partial charge in [0.1, 0.15) is 5.04 Å². The quantitative estimate of drug-likeness (QED) is 0.751. The minimum absolute atomic E-state index is 1.01. The second kappa shape index (κ2) is 3.96. The molecule has 0 saturated heterocycles. The summed E-state index contributed by atoms with van der Waals surface area (Å²) < 4.78 is 0. The van der Waals surface area contributed by atoms with Gasteiger partial charge in [0.2, 0.25) is 0 Å². The summed E-state index contributed by atoms with van der Waals surface area (Å²) in [6.07, 6.45) is 2.06. The lowest BCUT2D eigenvalue weighted by Gasteiger charge is -2.04. The zero-order chi connectivity index (χ0) is 11.0. The highest BCUT2D eigenvalue weighted by molar-refractivity contribution is 8.13. The van der Waals surface area contributed by atoms with E-state index in [9.17, 15) is 0 Å². The topological polar surface area (TPSA) is 24.4 Å². The van der Waals surface area contributed by atoms with Crippen LogP contribution in [0.1, 0.15) is 5.56 Å². The van der Waals surface area contributed by atoms with Gasteiger partial charge in [-0.05, 0) is 18.4 Å². The number of hydrogen-bond donors (Lipinski definition) is 1. The third-order valence-corrected chi connectivity index (χ3v) is 3.92. The number of rotatable bonds is 0. The lowest BCUT2D eigenvalue weighted by molar-refractivity contribution is 1.52. The van der Waals surface area contributed by atoms with Crippen LogP contribution in [-0.4, -0.2) is 11.3 Å². The van der Waals surface area contributed by atoms with Crippen LogP contribution in [0.15, 0.2) is 40.0 Å². The zero-order valence-electron chi connectivity index (χ0n) is 8.73. The molecule has 16 heavy (non-hydrogen) atoms. The summed E-state index contributed by atoms with van der Waals surface area (Å²) in [4.78, 5) is 4.69. The second-order valence-electron chi connectivity index (χ2n) is 3.46. The Balaban J connectivity index is 2.23. The SMILES string of the molecule is CSC1=Nc2ccccc2Nc2cscc21. The molecule has 0 spiro atoms. The zero-order valence-corrected chi connectivity index (χ0v) is 10.4. The number of benzene rings is 1. The third-order valence-electron chi connectivity index (χ3n) is 2.48. The number of para-hydroxylation sites is 2. The summed E-state index contributed by atoms with van der Waals surface area (Å²) in [5.74, 6) is 0. The Labute approximate surface area is 102 Å². The van der Waals surface area contributed by atoms with E-state index in [2.05, 4.69) is 28.4 Å². The van der Waals surface area contributed by atoms with E-state index in [1.807, 2.05) is 18.2 Å². The summed E-state index contributed by atoms with van der Waals surface area (Å²) in [5, 5.41) is 8.78. The van der Waals surface area contributed by atoms with Crippen LogP contribution in [0.3, 0.4) is 0 Å². The summed E-state index contributed by atoms with van der Waals surface area (Å²) in [6.45, 7) is 0. The van der Waals surface area contributed by atoms with Gasteiger partial charge < -0.3 is 5.32 Å². The Morgan fingerprint density at radius 3 is 2.94 bits per heavy atom. The fraction of sp³-hybridized carbons (Fsp3) is 0.0833. The van der Waals surface area contributed by atoms with Crippen molar-refractivity contribution in [3.05, 3.63) is 40.6 Å². The van der Waals surface area contributed by atoms with Crippen LogP contribution in [0.25, 0.3) is 0 Å². The molecule has 80 valence electrons. The van der Waals surface area contributed by atoms with Gasteiger partial charge in [0.25, 0.3) is 0 Å². The van der Waals surface area contributed by atoms with E-state index in [0.29, 0.717) is 0 Å². The average molecular weight is 246 g/mol. The van der Waals surface area contributed by atoms with E-state index in [1.165, 1.54) is 5.56 Å². The number of hydrogen-bond acceptors (Lipinski definition) is 4. The Kier molecular flexibility index (Phi) is 2.46. The Morgan fingerprint density at radius 2 is 2.06 bits per heavy atom. The van der Waals surface area contributed by atoms with E-state index in [-0.39, 0.29) is 0 Å². The summed E-state index contributed by atoms with van der Waals surface area (Å²) in [7, 11) is 0. The first-order valence-corrected chi connectivity index (χ1v) is 7.10. The van der Waals surface area contributed by atoms with Crippen molar-refractivity contribution in [1.29, 1.82) is 0 Å². The molecule has 0 fully saturated rings. The molecule has 2 nitrogen and oxygen atoms in total. The molecule has 1 aliphatic heterocycles. The van der Waals surface area contributed by atoms with Gasteiger partial charge in [-0.1, -0.05) is 12.1 Å². The largest absolute Gasteiger partial charge is 0.353 e. The van der Waals surface area contributed by atoms with Crippen molar-refractivity contribution in [3.63, 3.8) is 0 Å². The van der Waals surface area contributed by atoms with Gasteiger partial charge >= 0.3 is 0 Å². The minimum atomic E-state index is 1.01. The molecular weight excluding hydrogens is 236 g/mol. The molecule has 0 atom stereocenters. The van der Waals surface area contributed by atoms with Crippen LogP contribution >= 0.6 is 23.1 Å². The van der Waals surface area contributed by atoms with Gasteiger partial charge in [0, 0.05) is 16.3 Å². The molecule has 0 saturated carbocycles. The molecule has 0 aliphatic carbocycles. The van der Waals surface area contributed by atoms with E-state index >= 15 is 0 Å². The average Bonchev–Trinajstić information content (AvgIpc) is 2.70. The van der Waals surface area contributed by atoms with E-state index in [1.54, 1.807) is 23.1 Å². The van der Waals surface area contributed by atoms with Crippen molar-refractivity contribution >= 4 is 45.2 Å². The summed E-state index contributed by atoms with van der Waals surface area (Å²) >= 11 is 3.39. The number of nitrogens with one attached hydrogen (secondary N) is 1. The molecule has 2 aromatic rings. The van der Waals surface area contributed by atoms with Crippen molar-refractivity contribution in [1.82, 2.24) is 0 Å². The molecule has 4 heteroatoms. The fourth-order valence-corrected chi connectivity index (χ4v) is 3.12. The molecule has 0 amide bonds. The number of thiophene rings is 1. The molecule has 0 unspecified atom stereocenters. The Hall–Kier alpha value is -1.26. The predicted molar refractivity (Wildman–Crippen MR) is 73.8 cm³/mol. The molecule has 0 radical (unpaired) electrons. The molecule has 0 bridgehead atoms. The van der Waals surface area contributed by atoms with Crippen LogP contribution < -0.4 is 5.32 Å². The predicted octanol–water partition coefficient (Wildman–Crippen LogP) is 4.25. The van der Waals surface area contributed by atoms with Gasteiger partial charge in [0.15, 0.2) is 0 Å². The standard InChI is InChI=1S/C12H10N2S2/c1-15-12-8-6-16-7-11(8)13-9-4-2-3-5-10(9)14-12/h2-7,13H,1H3. The van der Waals surface area contributed by atoms with Crippen molar-refractivity contribution in [3.8, 4) is 0 Å². The lowest BCUT2D eigenvalue weighted by atomic mass is 10.2. The highest BCUT2D eigenvalue weighted by Gasteiger charge is 2.15. The maximum Gasteiger partial charge on any atom is 0.107 e. The van der Waals surface area contributed by atoms with Gasteiger partial charge in [0.05, 0.1) is 17.1 Å². The van der Waals surface area contributed by atoms with Crippen molar-refractivity contribution in [2.75, 3.05) is 11.6 Å². The maximum atomic E-state index is 4.69. The number of anilines is 2. The van der Waals surface area contributed by atoms with Gasteiger partial charge in [-0.2, -0.15) is 0 Å². The van der Waals surface area contributed by atoms with Gasteiger partial charge in [-0.15, -0.1) is 23.1 Å². The van der Waals surface area contributed by atoms with Crippen molar-refractivity contribution < 1.29 is 0 Å². The molecule has 3 rings (SSSR count). The smallest absolute Gasteiger partial charge is 0.107 e. The van der Waals surface area contributed by atoms with E-state index in [4.69, 9.17) is 4.99 Å². The molecular formula is C12H10N2S2. The number of thioether (sulfide) groups is 1. The highest BCUT2D eigenvalue weighted by atomic mass is 32.2. The number of fused-ring (bicyclic) bond motifs is 2. The second-order valence-corrected chi connectivity index (χ2v) is 5.00. The van der Waals surface area contributed by atoms with Crippen LogP contribution in [0, 0.1) is 0 Å². The first kappa shape index (κ1) is 9.93. The minimum Gasteiger partial charge on any atom is -0.353 e. The third kappa shape index (κ3) is 1.54. The molecule has 1 aromatic heterocycles. The molecule has 1 N–H and O–H groups in total. The Bertz CT molecular complexity index is 558. The van der Waals surface area contributed by atoms with Crippen LogP contribution in [0.2, 0.25) is 0 Å². The summed E-state index contributed by atoms with van der Waals surface area (Å²) in [5.41, 5.74) is 4.44. The maximum absolute atomic E-state index is 4.69. The van der Waals surface area contributed by atoms with E-state index in [0.717, 1.165) is 22.1 Å². The molecule has 1 aromatic carbocycles. The molecule has 2 heterocycles. The van der Waals surface area contributed by atoms with Gasteiger partial charge in [-0.25, -0.2) is 4.99 Å². The lowest BCUT2D eigenvalue weighted by Crippen LogP contribution is -1.94. The van der Waals surface area contributed by atoms with Crippen molar-refractivity contribution in [2.24, 2.45) is 4.99 Å². The van der Waals surface area contributed by atoms with Crippen LogP contribution in [0.4, 0.5) is 17.1 Å². The first-order chi connectivity index (χ1) is 7.88.